The number of nitrogens with zero attached hydrogens (tertiary/aromatic N) is 4. The Morgan fingerprint density at radius 1 is 0.540 bits per heavy atom. The fourth-order valence-corrected chi connectivity index (χ4v) is 12.5. The van der Waals surface area contributed by atoms with Gasteiger partial charge in [0.05, 0.1) is 46.6 Å². The van der Waals surface area contributed by atoms with Gasteiger partial charge >= 0.3 is 0 Å². The maximum atomic E-state index is 10.8. The number of rotatable bonds is 6. The second-order valence-corrected chi connectivity index (χ2v) is 16.0. The van der Waals surface area contributed by atoms with Gasteiger partial charge in [-0.2, -0.15) is 10.5 Å². The van der Waals surface area contributed by atoms with Crippen molar-refractivity contribution in [2.75, 3.05) is 0 Å². The molecule has 0 saturated heterocycles. The molecule has 0 unspecified atom stereocenters. The van der Waals surface area contributed by atoms with E-state index < -0.39 is 8.07 Å². The van der Waals surface area contributed by atoms with Gasteiger partial charge in [-0.25, -0.2) is 4.85 Å². The van der Waals surface area contributed by atoms with Crippen LogP contribution in [-0.4, -0.2) is 12.6 Å². The number of benzene rings is 7. The third-order valence-electron chi connectivity index (χ3n) is 9.63. The molecule has 4 nitrogen and oxygen atoms in total. The molecule has 8 aromatic rings. The average molecular weight is 653 g/mol. The SMILES string of the molecule is [C-]#[N+]c1ccc2c(c1)c1cc(C#N)ccc1n2-c1cccc(C#N)c1-c1ccccc1[Si](c1ccccc1)(c1ccccc1)c1ccccc1. The van der Waals surface area contributed by atoms with E-state index in [-0.39, 0.29) is 0 Å². The molecular formula is C45H28N4Si. The molecule has 1 heterocycles. The fraction of sp³-hybridized carbons (Fsp3) is 0. The molecule has 0 aliphatic carbocycles. The Labute approximate surface area is 291 Å². The molecule has 0 radical (unpaired) electrons. The monoisotopic (exact) mass is 652 g/mol. The third-order valence-corrected chi connectivity index (χ3v) is 14.5. The number of aromatic nitrogens is 1. The zero-order chi connectivity index (χ0) is 34.1. The van der Waals surface area contributed by atoms with Crippen LogP contribution in [0.2, 0.25) is 0 Å². The van der Waals surface area contributed by atoms with E-state index in [0.717, 1.165) is 38.6 Å². The third kappa shape index (κ3) is 4.72. The van der Waals surface area contributed by atoms with Crippen molar-refractivity contribution >= 4 is 56.3 Å². The fourth-order valence-electron chi connectivity index (χ4n) is 7.57. The van der Waals surface area contributed by atoms with Crippen molar-refractivity contribution in [3.63, 3.8) is 0 Å². The summed E-state index contributed by atoms with van der Waals surface area (Å²) in [5, 5.41) is 27.3. The predicted molar refractivity (Wildman–Crippen MR) is 206 cm³/mol. The van der Waals surface area contributed by atoms with Crippen LogP contribution < -0.4 is 20.7 Å². The van der Waals surface area contributed by atoms with Crippen molar-refractivity contribution in [3.05, 3.63) is 192 Å². The van der Waals surface area contributed by atoms with Crippen molar-refractivity contribution in [1.29, 1.82) is 10.5 Å². The molecule has 5 heteroatoms. The second kappa shape index (κ2) is 12.6. The quantitative estimate of drug-likeness (QED) is 0.104. The van der Waals surface area contributed by atoms with Gasteiger partial charge in [0.1, 0.15) is 0 Å². The number of hydrogen-bond acceptors (Lipinski definition) is 2. The van der Waals surface area contributed by atoms with Gasteiger partial charge in [0.2, 0.25) is 0 Å². The first-order chi connectivity index (χ1) is 24.7. The van der Waals surface area contributed by atoms with Crippen LogP contribution in [0, 0.1) is 29.2 Å². The molecule has 8 rings (SSSR count). The molecule has 0 bridgehead atoms. The van der Waals surface area contributed by atoms with Crippen LogP contribution in [0.5, 0.6) is 0 Å². The average Bonchev–Trinajstić information content (AvgIpc) is 3.52. The van der Waals surface area contributed by atoms with Gasteiger partial charge in [-0.05, 0) is 74.2 Å². The van der Waals surface area contributed by atoms with E-state index in [4.69, 9.17) is 6.57 Å². The lowest BCUT2D eigenvalue weighted by Gasteiger charge is -2.36. The first-order valence-electron chi connectivity index (χ1n) is 16.3. The molecule has 50 heavy (non-hydrogen) atoms. The van der Waals surface area contributed by atoms with Gasteiger partial charge in [-0.3, -0.25) is 0 Å². The van der Waals surface area contributed by atoms with Crippen molar-refractivity contribution in [2.24, 2.45) is 0 Å². The summed E-state index contributed by atoms with van der Waals surface area (Å²) >= 11 is 0. The van der Waals surface area contributed by atoms with Crippen LogP contribution in [0.1, 0.15) is 11.1 Å². The normalized spacial score (nSPS) is 11.1. The molecule has 0 amide bonds. The Morgan fingerprint density at radius 2 is 1.10 bits per heavy atom. The van der Waals surface area contributed by atoms with E-state index in [1.54, 1.807) is 0 Å². The van der Waals surface area contributed by atoms with Gasteiger partial charge < -0.3 is 4.57 Å². The van der Waals surface area contributed by atoms with E-state index in [2.05, 4.69) is 143 Å². The van der Waals surface area contributed by atoms with Gasteiger partial charge in [0.15, 0.2) is 13.8 Å². The number of hydrogen-bond donors (Lipinski definition) is 0. The van der Waals surface area contributed by atoms with Crippen molar-refractivity contribution in [1.82, 2.24) is 4.57 Å². The molecule has 0 spiro atoms. The van der Waals surface area contributed by atoms with E-state index >= 15 is 0 Å². The minimum Gasteiger partial charge on any atom is -0.309 e. The lowest BCUT2D eigenvalue weighted by Crippen LogP contribution is -2.75. The van der Waals surface area contributed by atoms with Gasteiger partial charge in [0.25, 0.3) is 0 Å². The molecule has 0 atom stereocenters. The lowest BCUT2D eigenvalue weighted by molar-refractivity contribution is 1.18. The van der Waals surface area contributed by atoms with E-state index in [0.29, 0.717) is 16.8 Å². The zero-order valence-corrected chi connectivity index (χ0v) is 28.0. The van der Waals surface area contributed by atoms with E-state index in [9.17, 15) is 10.5 Å². The Bertz CT molecular complexity index is 2510. The van der Waals surface area contributed by atoms with Crippen LogP contribution in [0.15, 0.2) is 170 Å². The van der Waals surface area contributed by atoms with Crippen molar-refractivity contribution < 1.29 is 0 Å². The minimum absolute atomic E-state index is 0.527. The van der Waals surface area contributed by atoms with Crippen LogP contribution in [0.25, 0.3) is 43.5 Å². The van der Waals surface area contributed by atoms with Crippen molar-refractivity contribution in [3.8, 4) is 29.0 Å². The first-order valence-corrected chi connectivity index (χ1v) is 18.3. The van der Waals surface area contributed by atoms with E-state index in [1.165, 1.54) is 20.7 Å². The molecule has 0 aliphatic rings. The molecular weight excluding hydrogens is 625 g/mol. The molecule has 232 valence electrons. The van der Waals surface area contributed by atoms with E-state index in [1.807, 2.05) is 48.5 Å². The Morgan fingerprint density at radius 3 is 1.68 bits per heavy atom. The van der Waals surface area contributed by atoms with Crippen LogP contribution in [0.4, 0.5) is 5.69 Å². The summed E-state index contributed by atoms with van der Waals surface area (Å²) in [7, 11) is -2.99. The zero-order valence-electron chi connectivity index (χ0n) is 27.0. The van der Waals surface area contributed by atoms with Crippen molar-refractivity contribution in [2.45, 2.75) is 0 Å². The summed E-state index contributed by atoms with van der Waals surface area (Å²) in [4.78, 5) is 3.71. The predicted octanol–water partition coefficient (Wildman–Crippen LogP) is 8.12. The maximum Gasteiger partial charge on any atom is 0.188 e. The standard InChI is InChI=1S/C45H28N4Si/c1-48-34-25-27-42-40(29-34)39-28-32(30-46)24-26-41(39)49(42)43-22-13-14-33(31-47)45(43)38-21-11-12-23-44(38)50(35-15-5-2-6-16-35,36-17-7-3-8-18-36)37-19-9-4-10-20-37/h2-29H. The Kier molecular flexibility index (Phi) is 7.63. The van der Waals surface area contributed by atoms with Gasteiger partial charge in [-0.15, -0.1) is 0 Å². The Hall–Kier alpha value is -6.97. The lowest BCUT2D eigenvalue weighted by atomic mass is 9.97. The molecule has 0 N–H and O–H groups in total. The Balaban J connectivity index is 1.53. The molecule has 0 saturated carbocycles. The second-order valence-electron chi connectivity index (χ2n) is 12.2. The highest BCUT2D eigenvalue weighted by Gasteiger charge is 2.43. The number of nitriles is 2. The van der Waals surface area contributed by atoms with Crippen LogP contribution >= 0.6 is 0 Å². The summed E-state index contributed by atoms with van der Waals surface area (Å²) in [6.07, 6.45) is 0. The highest BCUT2D eigenvalue weighted by Crippen LogP contribution is 2.39. The largest absolute Gasteiger partial charge is 0.309 e. The molecule has 7 aromatic carbocycles. The summed E-state index contributed by atoms with van der Waals surface area (Å²) in [5.41, 5.74) is 6.11. The molecule has 0 fully saturated rings. The summed E-state index contributed by atoms with van der Waals surface area (Å²) < 4.78 is 2.18. The van der Waals surface area contributed by atoms with Crippen LogP contribution in [0.3, 0.4) is 0 Å². The highest BCUT2D eigenvalue weighted by molar-refractivity contribution is 7.20. The highest BCUT2D eigenvalue weighted by atomic mass is 28.3. The van der Waals surface area contributed by atoms with Gasteiger partial charge in [0, 0.05) is 10.9 Å². The first kappa shape index (κ1) is 30.4. The smallest absolute Gasteiger partial charge is 0.188 e. The minimum atomic E-state index is -2.99. The molecule has 0 aliphatic heterocycles. The topological polar surface area (TPSA) is 56.9 Å². The summed E-state index contributed by atoms with van der Waals surface area (Å²) in [5.74, 6) is 0. The van der Waals surface area contributed by atoms with Crippen LogP contribution in [-0.2, 0) is 0 Å². The summed E-state index contributed by atoms with van der Waals surface area (Å²) in [6, 6.07) is 63.0. The summed E-state index contributed by atoms with van der Waals surface area (Å²) in [6.45, 7) is 7.70. The maximum absolute atomic E-state index is 10.8. The van der Waals surface area contributed by atoms with Gasteiger partial charge in [-0.1, -0.05) is 127 Å². The number of fused-ring (bicyclic) bond motifs is 3. The molecule has 1 aromatic heterocycles.